The molecule has 4 heteroatoms. The van der Waals surface area contributed by atoms with E-state index in [9.17, 15) is 4.79 Å². The molecule has 0 heterocycles. The monoisotopic (exact) mass is 308 g/mol. The van der Waals surface area contributed by atoms with Crippen molar-refractivity contribution in [2.45, 2.75) is 18.2 Å². The van der Waals surface area contributed by atoms with Crippen LogP contribution in [-0.2, 0) is 4.79 Å². The molecular weight excluding hydrogens is 304 g/mol. The number of alkyl halides is 1. The predicted molar refractivity (Wildman–Crippen MR) is 47.3 cm³/mol. The summed E-state index contributed by atoms with van der Waals surface area (Å²) in [6, 6.07) is 0. The van der Waals surface area contributed by atoms with Gasteiger partial charge < -0.3 is 0 Å². The van der Waals surface area contributed by atoms with Gasteiger partial charge in [0.25, 0.3) is 0 Å². The van der Waals surface area contributed by atoms with Crippen LogP contribution in [0.3, 0.4) is 0 Å². The molecule has 0 bridgehead atoms. The molecule has 8 heavy (non-hydrogen) atoms. The van der Waals surface area contributed by atoms with Gasteiger partial charge in [-0.2, -0.15) is 0 Å². The lowest BCUT2D eigenvalue weighted by Crippen LogP contribution is -2.17. The molecule has 0 fully saturated rings. The van der Waals surface area contributed by atoms with Crippen LogP contribution in [0, 0.1) is 0 Å². The molecule has 0 saturated heterocycles. The van der Waals surface area contributed by atoms with Gasteiger partial charge in [-0.05, 0) is 29.8 Å². The second-order valence-electron chi connectivity index (χ2n) is 1.75. The van der Waals surface area contributed by atoms with Crippen molar-refractivity contribution in [1.82, 2.24) is 0 Å². The van der Waals surface area contributed by atoms with Gasteiger partial charge >= 0.3 is 0 Å². The van der Waals surface area contributed by atoms with E-state index < -0.39 is 4.32 Å². The molecule has 50 valence electrons. The van der Waals surface area contributed by atoms with E-state index in [1.807, 2.05) is 0 Å². The standard InChI is InChI=1S/C4H6Br2O.BrH/c1-4(2,6)3(5)7;/h1-2H3;1H. The number of carbonyl (C=O) groups is 1. The maximum atomic E-state index is 10.3. The number of halogens is 3. The molecule has 0 radical (unpaired) electrons. The molecule has 0 spiro atoms. The largest absolute Gasteiger partial charge is 0.285 e. The molecule has 0 aromatic heterocycles. The molecule has 1 nitrogen and oxygen atoms in total. The van der Waals surface area contributed by atoms with Crippen LogP contribution in [-0.4, -0.2) is 9.02 Å². The third-order valence-electron chi connectivity index (χ3n) is 0.467. The Morgan fingerprint density at radius 3 is 1.62 bits per heavy atom. The highest BCUT2D eigenvalue weighted by atomic mass is 79.9. The van der Waals surface area contributed by atoms with E-state index in [1.54, 1.807) is 13.8 Å². The van der Waals surface area contributed by atoms with Gasteiger partial charge in [0.2, 0.25) is 4.69 Å². The third-order valence-corrected chi connectivity index (χ3v) is 2.35. The minimum atomic E-state index is -0.410. The smallest absolute Gasteiger partial charge is 0.213 e. The zero-order valence-corrected chi connectivity index (χ0v) is 9.46. The summed E-state index contributed by atoms with van der Waals surface area (Å²) in [7, 11) is 0. The zero-order valence-electron chi connectivity index (χ0n) is 4.57. The summed E-state index contributed by atoms with van der Waals surface area (Å²) in [6.07, 6.45) is 0. The maximum absolute atomic E-state index is 10.3. The van der Waals surface area contributed by atoms with E-state index in [1.165, 1.54) is 0 Å². The first kappa shape index (κ1) is 11.9. The fraction of sp³-hybridized carbons (Fsp3) is 0.750. The van der Waals surface area contributed by atoms with Crippen molar-refractivity contribution >= 4 is 53.5 Å². The lowest BCUT2D eigenvalue weighted by molar-refractivity contribution is -0.111. The Hall–Kier alpha value is 1.11. The van der Waals surface area contributed by atoms with Crippen LogP contribution in [0.25, 0.3) is 0 Å². The summed E-state index contributed by atoms with van der Waals surface area (Å²) < 4.78 is -0.437. The molecule has 0 aliphatic heterocycles. The minimum absolute atomic E-state index is 0. The zero-order chi connectivity index (χ0) is 6.08. The van der Waals surface area contributed by atoms with Crippen molar-refractivity contribution in [3.8, 4) is 0 Å². The van der Waals surface area contributed by atoms with Crippen molar-refractivity contribution in [3.05, 3.63) is 0 Å². The number of hydrogen-bond acceptors (Lipinski definition) is 1. The van der Waals surface area contributed by atoms with Gasteiger partial charge in [-0.1, -0.05) is 15.9 Å². The van der Waals surface area contributed by atoms with Gasteiger partial charge in [-0.25, -0.2) is 0 Å². The summed E-state index contributed by atoms with van der Waals surface area (Å²) in [5, 5.41) is 0. The molecule has 0 aliphatic rings. The Morgan fingerprint density at radius 1 is 1.50 bits per heavy atom. The highest BCUT2D eigenvalue weighted by molar-refractivity contribution is 9.20. The quantitative estimate of drug-likeness (QED) is 0.537. The first-order valence-corrected chi connectivity index (χ1v) is 3.42. The molecule has 0 unspecified atom stereocenters. The highest BCUT2D eigenvalue weighted by Gasteiger charge is 2.19. The van der Waals surface area contributed by atoms with Crippen molar-refractivity contribution in [2.24, 2.45) is 0 Å². The fourth-order valence-electron chi connectivity index (χ4n) is 0. The van der Waals surface area contributed by atoms with Crippen LogP contribution in [0.1, 0.15) is 13.8 Å². The van der Waals surface area contributed by atoms with Crippen LogP contribution >= 0.6 is 48.8 Å². The molecule has 0 saturated carbocycles. The molecule has 0 aromatic rings. The lowest BCUT2D eigenvalue weighted by atomic mass is 10.3. The summed E-state index contributed by atoms with van der Waals surface area (Å²) >= 11 is 5.96. The van der Waals surface area contributed by atoms with Crippen molar-refractivity contribution in [2.75, 3.05) is 0 Å². The van der Waals surface area contributed by atoms with Crippen LogP contribution in [0.4, 0.5) is 0 Å². The number of rotatable bonds is 1. The minimum Gasteiger partial charge on any atom is -0.285 e. The van der Waals surface area contributed by atoms with Crippen molar-refractivity contribution in [1.29, 1.82) is 0 Å². The van der Waals surface area contributed by atoms with Crippen LogP contribution in [0.15, 0.2) is 0 Å². The summed E-state index contributed by atoms with van der Waals surface area (Å²) in [6.45, 7) is 3.56. The number of carbonyl (C=O) groups excluding carboxylic acids is 1. The normalized spacial score (nSPS) is 10.0. The van der Waals surface area contributed by atoms with Crippen LogP contribution < -0.4 is 0 Å². The Bertz CT molecular complexity index is 83.8. The SMILES string of the molecule is Br.CC(C)(Br)C(=O)Br. The van der Waals surface area contributed by atoms with Gasteiger partial charge in [0.1, 0.15) is 0 Å². The molecule has 0 rings (SSSR count). The van der Waals surface area contributed by atoms with Gasteiger partial charge in [0.15, 0.2) is 0 Å². The predicted octanol–water partition coefficient (Wildman–Crippen LogP) is 2.66. The van der Waals surface area contributed by atoms with Crippen molar-refractivity contribution in [3.63, 3.8) is 0 Å². The second-order valence-corrected chi connectivity index (χ2v) is 4.45. The van der Waals surface area contributed by atoms with E-state index >= 15 is 0 Å². The Kier molecular flexibility index (Phi) is 5.94. The highest BCUT2D eigenvalue weighted by Crippen LogP contribution is 2.19. The fourth-order valence-corrected chi connectivity index (χ4v) is 0. The third kappa shape index (κ3) is 5.25. The van der Waals surface area contributed by atoms with E-state index in [4.69, 9.17) is 0 Å². The van der Waals surface area contributed by atoms with Crippen molar-refractivity contribution < 1.29 is 4.79 Å². The van der Waals surface area contributed by atoms with Gasteiger partial charge in [0, 0.05) is 0 Å². The Labute approximate surface area is 76.2 Å². The average Bonchev–Trinajstić information content (AvgIpc) is 1.31. The van der Waals surface area contributed by atoms with Crippen LogP contribution in [0.2, 0.25) is 0 Å². The molecule has 0 atom stereocenters. The molecule has 0 aliphatic carbocycles. The van der Waals surface area contributed by atoms with E-state index in [2.05, 4.69) is 31.9 Å². The number of hydrogen-bond donors (Lipinski definition) is 0. The van der Waals surface area contributed by atoms with Gasteiger partial charge in [0.05, 0.1) is 4.32 Å². The first-order valence-electron chi connectivity index (χ1n) is 1.83. The summed E-state index contributed by atoms with van der Waals surface area (Å²) in [5.74, 6) is 0. The maximum Gasteiger partial charge on any atom is 0.213 e. The van der Waals surface area contributed by atoms with E-state index in [0.29, 0.717) is 0 Å². The summed E-state index contributed by atoms with van der Waals surface area (Å²) in [4.78, 5) is 10.3. The van der Waals surface area contributed by atoms with Gasteiger partial charge in [-0.15, -0.1) is 17.0 Å². The molecule has 0 aromatic carbocycles. The van der Waals surface area contributed by atoms with Crippen LogP contribution in [0.5, 0.6) is 0 Å². The average molecular weight is 311 g/mol. The van der Waals surface area contributed by atoms with E-state index in [-0.39, 0.29) is 21.7 Å². The Morgan fingerprint density at radius 2 is 1.62 bits per heavy atom. The Balaban J connectivity index is 0. The first-order chi connectivity index (χ1) is 2.94. The summed E-state index contributed by atoms with van der Waals surface area (Å²) in [5.41, 5.74) is 0. The van der Waals surface area contributed by atoms with E-state index in [0.717, 1.165) is 0 Å². The second kappa shape index (κ2) is 4.01. The molecule has 0 amide bonds. The van der Waals surface area contributed by atoms with Gasteiger partial charge in [-0.3, -0.25) is 4.79 Å². The lowest BCUT2D eigenvalue weighted by Gasteiger charge is -2.06. The topological polar surface area (TPSA) is 17.1 Å². The molecular formula is C4H7Br3O. The molecule has 0 N–H and O–H groups in total.